The summed E-state index contributed by atoms with van der Waals surface area (Å²) in [7, 11) is 1.30. The Morgan fingerprint density at radius 2 is 1.78 bits per heavy atom. The Bertz CT molecular complexity index is 1480. The smallest absolute Gasteiger partial charge is 0.311 e. The third-order valence-electron chi connectivity index (χ3n) is 5.25. The molecule has 0 atom stereocenters. The molecule has 0 fully saturated rings. The molecule has 0 spiro atoms. The molecular weight excluding hydrogens is 484 g/mol. The average molecular weight is 505 g/mol. The lowest BCUT2D eigenvalue weighted by atomic mass is 10.1. The summed E-state index contributed by atoms with van der Waals surface area (Å²) in [5.41, 5.74) is 2.22. The summed E-state index contributed by atoms with van der Waals surface area (Å²) in [4.78, 5) is 35.7. The maximum Gasteiger partial charge on any atom is 0.311 e. The summed E-state index contributed by atoms with van der Waals surface area (Å²) in [6.07, 6.45) is 0. The Kier molecular flexibility index (Phi) is 6.93. The largest absolute Gasteiger partial charge is 0.490 e. The van der Waals surface area contributed by atoms with Crippen LogP contribution < -0.4 is 20.7 Å². The molecule has 10 nitrogen and oxygen atoms in total. The van der Waals surface area contributed by atoms with Gasteiger partial charge in [0, 0.05) is 28.4 Å². The van der Waals surface area contributed by atoms with Crippen molar-refractivity contribution in [2.45, 2.75) is 6.92 Å². The third kappa shape index (κ3) is 5.31. The number of thiocarbonyl (C=S) groups is 1. The molecule has 1 heterocycles. The van der Waals surface area contributed by atoms with Gasteiger partial charge in [-0.25, -0.2) is 0 Å². The van der Waals surface area contributed by atoms with Crippen LogP contribution >= 0.6 is 12.2 Å². The zero-order chi connectivity index (χ0) is 25.8. The molecule has 0 aliphatic heterocycles. The normalized spacial score (nSPS) is 10.5. The van der Waals surface area contributed by atoms with Crippen molar-refractivity contribution in [2.75, 3.05) is 17.7 Å². The molecule has 0 aliphatic rings. The van der Waals surface area contributed by atoms with Crippen molar-refractivity contribution in [3.8, 4) is 5.75 Å². The van der Waals surface area contributed by atoms with Crippen molar-refractivity contribution in [2.24, 2.45) is 0 Å². The van der Waals surface area contributed by atoms with E-state index in [-0.39, 0.29) is 33.8 Å². The van der Waals surface area contributed by atoms with Crippen LogP contribution in [0.25, 0.3) is 11.0 Å². The molecule has 0 saturated carbocycles. The number of anilines is 2. The molecule has 0 saturated heterocycles. The number of carbonyl (C=O) groups excluding carboxylic acids is 2. The first-order chi connectivity index (χ1) is 17.2. The molecule has 4 aromatic rings. The Morgan fingerprint density at radius 3 is 2.47 bits per heavy atom. The topological polar surface area (TPSA) is 136 Å². The molecule has 0 aliphatic carbocycles. The molecule has 0 radical (unpaired) electrons. The predicted octanol–water partition coefficient (Wildman–Crippen LogP) is 5.04. The van der Waals surface area contributed by atoms with Gasteiger partial charge in [0.15, 0.2) is 16.6 Å². The van der Waals surface area contributed by atoms with Gasteiger partial charge >= 0.3 is 5.69 Å². The first-order valence-corrected chi connectivity index (χ1v) is 11.0. The van der Waals surface area contributed by atoms with Crippen molar-refractivity contribution in [1.29, 1.82) is 0 Å². The Balaban J connectivity index is 1.39. The number of methoxy groups -OCH3 is 1. The quantitative estimate of drug-likeness (QED) is 0.189. The number of rotatable bonds is 6. The van der Waals surface area contributed by atoms with Crippen LogP contribution in [-0.4, -0.2) is 29.0 Å². The molecular formula is C25H20N4O6S. The summed E-state index contributed by atoms with van der Waals surface area (Å²) in [6.45, 7) is 1.80. The molecule has 3 N–H and O–H groups in total. The summed E-state index contributed by atoms with van der Waals surface area (Å²) in [5.74, 6) is -0.767. The number of carbonyl (C=O) groups is 2. The predicted molar refractivity (Wildman–Crippen MR) is 139 cm³/mol. The van der Waals surface area contributed by atoms with Crippen molar-refractivity contribution >= 4 is 57.2 Å². The Labute approximate surface area is 210 Å². The first kappa shape index (κ1) is 24.4. The number of benzene rings is 3. The lowest BCUT2D eigenvalue weighted by Crippen LogP contribution is -2.34. The highest BCUT2D eigenvalue weighted by Crippen LogP contribution is 2.27. The van der Waals surface area contributed by atoms with E-state index in [0.717, 1.165) is 17.0 Å². The molecule has 0 bridgehead atoms. The number of amides is 2. The van der Waals surface area contributed by atoms with Gasteiger partial charge in [0.25, 0.3) is 11.8 Å². The van der Waals surface area contributed by atoms with Crippen molar-refractivity contribution in [3.05, 3.63) is 93.7 Å². The van der Waals surface area contributed by atoms with E-state index in [1.54, 1.807) is 37.3 Å². The van der Waals surface area contributed by atoms with Crippen LogP contribution in [-0.2, 0) is 0 Å². The highest BCUT2D eigenvalue weighted by atomic mass is 32.1. The number of nitrogens with one attached hydrogen (secondary N) is 3. The summed E-state index contributed by atoms with van der Waals surface area (Å²) < 4.78 is 10.5. The molecule has 11 heteroatoms. The molecule has 0 unspecified atom stereocenters. The SMILES string of the molecule is COc1ccc(C(=O)NC(=S)Nc2ccc(NC(=O)c3cc4ccccc4o3)c(C)c2)cc1[N+](=O)[O-]. The number of furan rings is 1. The van der Waals surface area contributed by atoms with Crippen molar-refractivity contribution < 1.29 is 23.7 Å². The minimum absolute atomic E-state index is 0.00284. The lowest BCUT2D eigenvalue weighted by molar-refractivity contribution is -0.385. The Morgan fingerprint density at radius 1 is 1.00 bits per heavy atom. The highest BCUT2D eigenvalue weighted by Gasteiger charge is 2.19. The van der Waals surface area contributed by atoms with E-state index in [1.165, 1.54) is 19.2 Å². The zero-order valence-corrected chi connectivity index (χ0v) is 20.0. The van der Waals surface area contributed by atoms with Crippen LogP contribution in [0.2, 0.25) is 0 Å². The van der Waals surface area contributed by atoms with Gasteiger partial charge in [-0.3, -0.25) is 25.0 Å². The van der Waals surface area contributed by atoms with E-state index in [2.05, 4.69) is 16.0 Å². The summed E-state index contributed by atoms with van der Waals surface area (Å²) in [6, 6.07) is 18.0. The number of aryl methyl sites for hydroxylation is 1. The maximum absolute atomic E-state index is 12.6. The number of nitro benzene ring substituents is 1. The highest BCUT2D eigenvalue weighted by molar-refractivity contribution is 7.80. The second kappa shape index (κ2) is 10.2. The summed E-state index contributed by atoms with van der Waals surface area (Å²) >= 11 is 5.20. The number of fused-ring (bicyclic) bond motifs is 1. The fraction of sp³-hybridized carbons (Fsp3) is 0.0800. The van der Waals surface area contributed by atoms with E-state index in [0.29, 0.717) is 17.0 Å². The van der Waals surface area contributed by atoms with E-state index in [9.17, 15) is 19.7 Å². The van der Waals surface area contributed by atoms with Crippen LogP contribution in [0, 0.1) is 17.0 Å². The van der Waals surface area contributed by atoms with Crippen molar-refractivity contribution in [3.63, 3.8) is 0 Å². The van der Waals surface area contributed by atoms with Gasteiger partial charge < -0.3 is 19.8 Å². The minimum Gasteiger partial charge on any atom is -0.490 e. The minimum atomic E-state index is -0.635. The molecule has 36 heavy (non-hydrogen) atoms. The number of ether oxygens (including phenoxy) is 1. The number of hydrogen-bond acceptors (Lipinski definition) is 7. The third-order valence-corrected chi connectivity index (χ3v) is 5.45. The summed E-state index contributed by atoms with van der Waals surface area (Å²) in [5, 5.41) is 20.2. The molecule has 3 aromatic carbocycles. The Hall–Kier alpha value is -4.77. The van der Waals surface area contributed by atoms with E-state index in [1.807, 2.05) is 18.2 Å². The van der Waals surface area contributed by atoms with Gasteiger partial charge in [-0.2, -0.15) is 0 Å². The van der Waals surface area contributed by atoms with E-state index >= 15 is 0 Å². The van der Waals surface area contributed by atoms with Crippen LogP contribution in [0.15, 0.2) is 71.1 Å². The van der Waals surface area contributed by atoms with Gasteiger partial charge in [0.2, 0.25) is 0 Å². The monoisotopic (exact) mass is 504 g/mol. The van der Waals surface area contributed by atoms with Gasteiger partial charge in [0.05, 0.1) is 12.0 Å². The van der Waals surface area contributed by atoms with Crippen LogP contribution in [0.4, 0.5) is 17.1 Å². The molecule has 4 rings (SSSR count). The van der Waals surface area contributed by atoms with Gasteiger partial charge in [-0.15, -0.1) is 0 Å². The number of nitrogens with zero attached hydrogens (tertiary/aromatic N) is 1. The zero-order valence-electron chi connectivity index (χ0n) is 19.2. The van der Waals surface area contributed by atoms with Crippen LogP contribution in [0.3, 0.4) is 0 Å². The van der Waals surface area contributed by atoms with Crippen molar-refractivity contribution in [1.82, 2.24) is 5.32 Å². The molecule has 2 amide bonds. The first-order valence-electron chi connectivity index (χ1n) is 10.6. The number of nitro groups is 1. The van der Waals surface area contributed by atoms with Gasteiger partial charge in [-0.1, -0.05) is 18.2 Å². The maximum atomic E-state index is 12.6. The van der Waals surface area contributed by atoms with Gasteiger partial charge in [-0.05, 0) is 67.2 Å². The fourth-order valence-electron chi connectivity index (χ4n) is 3.47. The van der Waals surface area contributed by atoms with E-state index < -0.39 is 10.8 Å². The fourth-order valence-corrected chi connectivity index (χ4v) is 3.68. The lowest BCUT2D eigenvalue weighted by Gasteiger charge is -2.13. The number of hydrogen-bond donors (Lipinski definition) is 3. The van der Waals surface area contributed by atoms with E-state index in [4.69, 9.17) is 21.4 Å². The standard InChI is InChI=1S/C25H20N4O6S/c1-14-11-17(8-9-18(14)27-24(31)22-13-15-5-3-4-6-20(15)35-22)26-25(36)28-23(30)16-7-10-21(34-2)19(12-16)29(32)33/h3-13H,1-2H3,(H,27,31)(H2,26,28,30,36). The second-order valence-electron chi connectivity index (χ2n) is 7.68. The average Bonchev–Trinajstić information content (AvgIpc) is 3.29. The van der Waals surface area contributed by atoms with Gasteiger partial charge in [0.1, 0.15) is 5.58 Å². The number of para-hydroxylation sites is 1. The second-order valence-corrected chi connectivity index (χ2v) is 8.09. The molecule has 1 aromatic heterocycles. The van der Waals surface area contributed by atoms with Crippen LogP contribution in [0.5, 0.6) is 5.75 Å². The molecule has 182 valence electrons. The van der Waals surface area contributed by atoms with Crippen LogP contribution in [0.1, 0.15) is 26.5 Å².